The van der Waals surface area contributed by atoms with E-state index in [9.17, 15) is 0 Å². The lowest BCUT2D eigenvalue weighted by molar-refractivity contribution is 0.264. The van der Waals surface area contributed by atoms with Gasteiger partial charge in [0.05, 0.1) is 0 Å². The number of para-hydroxylation sites is 1. The van der Waals surface area contributed by atoms with Crippen LogP contribution in [0.2, 0.25) is 0 Å². The van der Waals surface area contributed by atoms with Crippen molar-refractivity contribution >= 4 is 5.69 Å². The zero-order chi connectivity index (χ0) is 13.0. The van der Waals surface area contributed by atoms with Crippen LogP contribution in [-0.2, 0) is 6.54 Å². The second-order valence-electron chi connectivity index (χ2n) is 5.62. The summed E-state index contributed by atoms with van der Waals surface area (Å²) in [5.74, 6) is 0. The summed E-state index contributed by atoms with van der Waals surface area (Å²) in [6.07, 6.45) is 2.49. The molecule has 1 fully saturated rings. The first-order chi connectivity index (χ1) is 8.65. The fourth-order valence-electron chi connectivity index (χ4n) is 2.51. The Morgan fingerprint density at radius 3 is 2.56 bits per heavy atom. The highest BCUT2D eigenvalue weighted by atomic mass is 15.1. The molecule has 1 heterocycles. The van der Waals surface area contributed by atoms with Gasteiger partial charge in [-0.15, -0.1) is 0 Å². The van der Waals surface area contributed by atoms with Crippen molar-refractivity contribution in [2.75, 3.05) is 39.5 Å². The summed E-state index contributed by atoms with van der Waals surface area (Å²) in [4.78, 5) is 4.62. The van der Waals surface area contributed by atoms with E-state index >= 15 is 0 Å². The van der Waals surface area contributed by atoms with E-state index in [1.165, 1.54) is 37.2 Å². The van der Waals surface area contributed by atoms with E-state index in [2.05, 4.69) is 60.5 Å². The van der Waals surface area contributed by atoms with Crippen LogP contribution >= 0.6 is 0 Å². The first-order valence-corrected chi connectivity index (χ1v) is 6.83. The molecule has 0 aromatic heterocycles. The first kappa shape index (κ1) is 13.4. The molecule has 3 heteroatoms. The third kappa shape index (κ3) is 3.72. The van der Waals surface area contributed by atoms with Crippen LogP contribution in [-0.4, -0.2) is 50.1 Å². The molecule has 1 N–H and O–H groups in total. The third-order valence-corrected chi connectivity index (χ3v) is 3.58. The Hall–Kier alpha value is -1.06. The lowest BCUT2D eigenvalue weighted by Gasteiger charge is -2.31. The summed E-state index contributed by atoms with van der Waals surface area (Å²) in [5, 5.41) is 3.72. The highest BCUT2D eigenvalue weighted by Gasteiger charge is 2.17. The van der Waals surface area contributed by atoms with Crippen molar-refractivity contribution in [3.8, 4) is 0 Å². The SMILES string of the molecule is CN(C)Cc1ccccc1NC1CCN(C)CC1. The molecule has 0 aliphatic carbocycles. The van der Waals surface area contributed by atoms with Crippen molar-refractivity contribution in [2.24, 2.45) is 0 Å². The van der Waals surface area contributed by atoms with Crippen LogP contribution in [0, 0.1) is 0 Å². The topological polar surface area (TPSA) is 18.5 Å². The first-order valence-electron chi connectivity index (χ1n) is 6.83. The van der Waals surface area contributed by atoms with Crippen LogP contribution in [0.3, 0.4) is 0 Å². The van der Waals surface area contributed by atoms with Crippen LogP contribution in [0.15, 0.2) is 24.3 Å². The number of hydrogen-bond acceptors (Lipinski definition) is 3. The Kier molecular flexibility index (Phi) is 4.61. The molecule has 0 spiro atoms. The van der Waals surface area contributed by atoms with Crippen molar-refractivity contribution in [3.63, 3.8) is 0 Å². The average molecular weight is 247 g/mol. The molecule has 1 aromatic carbocycles. The van der Waals surface area contributed by atoms with Gasteiger partial charge >= 0.3 is 0 Å². The molecule has 0 atom stereocenters. The van der Waals surface area contributed by atoms with Crippen molar-refractivity contribution in [1.82, 2.24) is 9.80 Å². The maximum Gasteiger partial charge on any atom is 0.0388 e. The van der Waals surface area contributed by atoms with Crippen LogP contribution in [0.5, 0.6) is 0 Å². The monoisotopic (exact) mass is 247 g/mol. The maximum atomic E-state index is 3.72. The molecule has 100 valence electrons. The van der Waals surface area contributed by atoms with Gasteiger partial charge in [0.2, 0.25) is 0 Å². The number of anilines is 1. The number of nitrogens with zero attached hydrogens (tertiary/aromatic N) is 2. The zero-order valence-corrected chi connectivity index (χ0v) is 11.8. The van der Waals surface area contributed by atoms with Gasteiger partial charge in [-0.05, 0) is 58.7 Å². The number of nitrogens with one attached hydrogen (secondary N) is 1. The van der Waals surface area contributed by atoms with Gasteiger partial charge in [-0.1, -0.05) is 18.2 Å². The van der Waals surface area contributed by atoms with Gasteiger partial charge in [-0.25, -0.2) is 0 Å². The molecule has 0 radical (unpaired) electrons. The Labute approximate surface area is 111 Å². The van der Waals surface area contributed by atoms with Gasteiger partial charge in [0, 0.05) is 18.3 Å². The van der Waals surface area contributed by atoms with Gasteiger partial charge in [0.25, 0.3) is 0 Å². The molecule has 1 aromatic rings. The predicted molar refractivity (Wildman–Crippen MR) is 78.0 cm³/mol. The summed E-state index contributed by atoms with van der Waals surface area (Å²) in [6, 6.07) is 9.30. The minimum atomic E-state index is 0.629. The van der Waals surface area contributed by atoms with Crippen LogP contribution in [0.1, 0.15) is 18.4 Å². The second-order valence-corrected chi connectivity index (χ2v) is 5.62. The summed E-state index contributed by atoms with van der Waals surface area (Å²) in [5.41, 5.74) is 2.70. The molecular weight excluding hydrogens is 222 g/mol. The summed E-state index contributed by atoms with van der Waals surface area (Å²) in [7, 11) is 6.44. The van der Waals surface area contributed by atoms with Crippen molar-refractivity contribution < 1.29 is 0 Å². The number of piperidine rings is 1. The van der Waals surface area contributed by atoms with E-state index in [-0.39, 0.29) is 0 Å². The van der Waals surface area contributed by atoms with Gasteiger partial charge in [0.15, 0.2) is 0 Å². The fraction of sp³-hybridized carbons (Fsp3) is 0.600. The Morgan fingerprint density at radius 2 is 1.89 bits per heavy atom. The smallest absolute Gasteiger partial charge is 0.0388 e. The lowest BCUT2D eigenvalue weighted by atomic mass is 10.0. The zero-order valence-electron chi connectivity index (χ0n) is 11.8. The molecule has 0 bridgehead atoms. The molecule has 1 aliphatic heterocycles. The van der Waals surface area contributed by atoms with E-state index in [1.807, 2.05) is 0 Å². The molecule has 0 saturated carbocycles. The van der Waals surface area contributed by atoms with E-state index < -0.39 is 0 Å². The normalized spacial score (nSPS) is 18.2. The highest BCUT2D eigenvalue weighted by Crippen LogP contribution is 2.20. The second kappa shape index (κ2) is 6.21. The quantitative estimate of drug-likeness (QED) is 0.880. The molecule has 3 nitrogen and oxygen atoms in total. The van der Waals surface area contributed by atoms with Gasteiger partial charge < -0.3 is 15.1 Å². The fourth-order valence-corrected chi connectivity index (χ4v) is 2.51. The van der Waals surface area contributed by atoms with Gasteiger partial charge in [0.1, 0.15) is 0 Å². The number of rotatable bonds is 4. The maximum absolute atomic E-state index is 3.72. The molecule has 18 heavy (non-hydrogen) atoms. The highest BCUT2D eigenvalue weighted by molar-refractivity contribution is 5.51. The summed E-state index contributed by atoms with van der Waals surface area (Å²) < 4.78 is 0. The minimum absolute atomic E-state index is 0.629. The van der Waals surface area contributed by atoms with E-state index in [0.29, 0.717) is 6.04 Å². The van der Waals surface area contributed by atoms with Crippen molar-refractivity contribution in [1.29, 1.82) is 0 Å². The summed E-state index contributed by atoms with van der Waals surface area (Å²) in [6.45, 7) is 3.40. The predicted octanol–water partition coefficient (Wildman–Crippen LogP) is 2.25. The number of benzene rings is 1. The number of likely N-dealkylation sites (tertiary alicyclic amines) is 1. The molecule has 0 unspecified atom stereocenters. The van der Waals surface area contributed by atoms with Gasteiger partial charge in [-0.2, -0.15) is 0 Å². The van der Waals surface area contributed by atoms with Crippen LogP contribution in [0.25, 0.3) is 0 Å². The molecule has 2 rings (SSSR count). The largest absolute Gasteiger partial charge is 0.382 e. The third-order valence-electron chi connectivity index (χ3n) is 3.58. The van der Waals surface area contributed by atoms with Gasteiger partial charge in [-0.3, -0.25) is 0 Å². The Morgan fingerprint density at radius 1 is 1.22 bits per heavy atom. The number of hydrogen-bond donors (Lipinski definition) is 1. The molecule has 1 saturated heterocycles. The van der Waals surface area contributed by atoms with E-state index in [4.69, 9.17) is 0 Å². The summed E-state index contributed by atoms with van der Waals surface area (Å²) >= 11 is 0. The lowest BCUT2D eigenvalue weighted by Crippen LogP contribution is -2.36. The van der Waals surface area contributed by atoms with Crippen LogP contribution in [0.4, 0.5) is 5.69 Å². The van der Waals surface area contributed by atoms with Crippen LogP contribution < -0.4 is 5.32 Å². The standard InChI is InChI=1S/C15H25N3/c1-17(2)12-13-6-4-5-7-15(13)16-14-8-10-18(3)11-9-14/h4-7,14,16H,8-12H2,1-3H3. The minimum Gasteiger partial charge on any atom is -0.382 e. The molecule has 1 aliphatic rings. The van der Waals surface area contributed by atoms with E-state index in [1.54, 1.807) is 0 Å². The van der Waals surface area contributed by atoms with E-state index in [0.717, 1.165) is 6.54 Å². The Balaban J connectivity index is 2.00. The Bertz CT molecular complexity index is 368. The van der Waals surface area contributed by atoms with Crippen molar-refractivity contribution in [2.45, 2.75) is 25.4 Å². The van der Waals surface area contributed by atoms with Crippen molar-refractivity contribution in [3.05, 3.63) is 29.8 Å². The molecule has 0 amide bonds. The average Bonchev–Trinajstić information content (AvgIpc) is 2.34. The molecular formula is C15H25N3.